The van der Waals surface area contributed by atoms with E-state index in [0.717, 1.165) is 18.6 Å². The third-order valence-corrected chi connectivity index (χ3v) is 5.98. The minimum absolute atomic E-state index is 0.353. The van der Waals surface area contributed by atoms with E-state index in [1.165, 1.54) is 0 Å². The molecule has 0 aliphatic rings. The summed E-state index contributed by atoms with van der Waals surface area (Å²) in [5, 5.41) is 8.62. The first-order valence-corrected chi connectivity index (χ1v) is 9.12. The SMILES string of the molecule is COc1cc(OC)c([I-]c2ccc(OCC(=O)O)cc2)c(OC)c1. The fourth-order valence-electron chi connectivity index (χ4n) is 1.90. The molecule has 2 aromatic rings. The van der Waals surface area contributed by atoms with Gasteiger partial charge in [-0.25, -0.2) is 0 Å². The van der Waals surface area contributed by atoms with Crippen LogP contribution in [0, 0.1) is 7.14 Å². The van der Waals surface area contributed by atoms with E-state index in [-0.39, 0.29) is 6.61 Å². The van der Waals surface area contributed by atoms with E-state index in [9.17, 15) is 4.79 Å². The van der Waals surface area contributed by atoms with E-state index in [1.54, 1.807) is 33.5 Å². The molecule has 0 spiro atoms. The van der Waals surface area contributed by atoms with E-state index >= 15 is 0 Å². The summed E-state index contributed by atoms with van der Waals surface area (Å²) in [6, 6.07) is 11.0. The predicted octanol–water partition coefficient (Wildman–Crippen LogP) is -0.696. The van der Waals surface area contributed by atoms with Crippen LogP contribution in [-0.2, 0) is 4.79 Å². The molecule has 24 heavy (non-hydrogen) atoms. The second-order valence-corrected chi connectivity index (χ2v) is 7.44. The van der Waals surface area contributed by atoms with Crippen molar-refractivity contribution in [2.45, 2.75) is 0 Å². The van der Waals surface area contributed by atoms with E-state index < -0.39 is 27.2 Å². The van der Waals surface area contributed by atoms with Gasteiger partial charge in [0.1, 0.15) is 0 Å². The zero-order valence-corrected chi connectivity index (χ0v) is 15.7. The number of halogens is 1. The molecule has 0 radical (unpaired) electrons. The summed E-state index contributed by atoms with van der Waals surface area (Å²) in [5.74, 6) is 1.65. The predicted molar refractivity (Wildman–Crippen MR) is 83.1 cm³/mol. The van der Waals surface area contributed by atoms with Gasteiger partial charge in [0.15, 0.2) is 0 Å². The van der Waals surface area contributed by atoms with Gasteiger partial charge in [-0.2, -0.15) is 0 Å². The van der Waals surface area contributed by atoms with Gasteiger partial charge < -0.3 is 0 Å². The van der Waals surface area contributed by atoms with Crippen LogP contribution in [0.1, 0.15) is 0 Å². The maximum absolute atomic E-state index is 10.5. The number of hydrogen-bond donors (Lipinski definition) is 1. The number of methoxy groups -OCH3 is 3. The molecule has 0 atom stereocenters. The Bertz CT molecular complexity index is 674. The van der Waals surface area contributed by atoms with Crippen LogP contribution < -0.4 is 40.2 Å². The second-order valence-electron chi connectivity index (χ2n) is 4.58. The van der Waals surface area contributed by atoms with E-state index in [1.807, 2.05) is 24.3 Å². The second kappa shape index (κ2) is 8.62. The maximum atomic E-state index is 10.5. The Morgan fingerprint density at radius 3 is 2.00 bits per heavy atom. The fraction of sp³-hybridized carbons (Fsp3) is 0.235. The summed E-state index contributed by atoms with van der Waals surface area (Å²) in [6.45, 7) is -0.353. The quantitative estimate of drug-likeness (QED) is 0.543. The van der Waals surface area contributed by atoms with Crippen LogP contribution >= 0.6 is 0 Å². The molecule has 0 aliphatic carbocycles. The van der Waals surface area contributed by atoms with E-state index in [2.05, 4.69) is 0 Å². The molecule has 2 rings (SSSR count). The first kappa shape index (κ1) is 18.2. The van der Waals surface area contributed by atoms with Crippen molar-refractivity contribution in [3.05, 3.63) is 43.5 Å². The van der Waals surface area contributed by atoms with Crippen LogP contribution in [0.3, 0.4) is 0 Å². The van der Waals surface area contributed by atoms with Gasteiger partial charge in [-0.3, -0.25) is 0 Å². The van der Waals surface area contributed by atoms with Crippen molar-refractivity contribution in [1.82, 2.24) is 0 Å². The number of carboxylic acids is 1. The molecule has 0 aromatic heterocycles. The number of carboxylic acid groups (broad SMARTS) is 1. The Hall–Kier alpha value is -2.16. The molecule has 1 N–H and O–H groups in total. The summed E-state index contributed by atoms with van der Waals surface area (Å²) in [4.78, 5) is 10.5. The van der Waals surface area contributed by atoms with Gasteiger partial charge in [0.2, 0.25) is 0 Å². The first-order valence-electron chi connectivity index (χ1n) is 6.97. The van der Waals surface area contributed by atoms with Crippen molar-refractivity contribution >= 4 is 5.97 Å². The molecule has 0 bridgehead atoms. The number of hydrogen-bond acceptors (Lipinski definition) is 5. The van der Waals surface area contributed by atoms with Crippen LogP contribution in [0.2, 0.25) is 0 Å². The molecule has 7 heteroatoms. The normalized spacial score (nSPS) is 10.3. The number of carbonyl (C=O) groups is 1. The van der Waals surface area contributed by atoms with E-state index in [4.69, 9.17) is 24.1 Å². The molecule has 2 aromatic carbocycles. The Labute approximate surface area is 150 Å². The minimum atomic E-state index is -1.00. The molecule has 0 fully saturated rings. The standard InChI is InChI=1S/C17H18IO6/c1-21-13-8-14(22-2)17(15(9-13)23-3)18-11-4-6-12(7-5-11)24-10-16(19)20/h4-9H,10H2,1-3H3,(H,19,20)/q-1. The van der Waals surface area contributed by atoms with Crippen molar-refractivity contribution in [3.63, 3.8) is 0 Å². The third-order valence-electron chi connectivity index (χ3n) is 3.03. The van der Waals surface area contributed by atoms with Gasteiger partial charge in [-0.05, 0) is 0 Å². The molecule has 0 aliphatic heterocycles. The van der Waals surface area contributed by atoms with Crippen LogP contribution in [0.15, 0.2) is 36.4 Å². The van der Waals surface area contributed by atoms with Crippen molar-refractivity contribution in [1.29, 1.82) is 0 Å². The molecule has 0 heterocycles. The molecular formula is C17H18IO6-. The molecule has 0 amide bonds. The zero-order chi connectivity index (χ0) is 17.5. The summed E-state index contributed by atoms with van der Waals surface area (Å²) in [6.07, 6.45) is 0. The number of ether oxygens (including phenoxy) is 4. The van der Waals surface area contributed by atoms with Gasteiger partial charge in [-0.1, -0.05) is 0 Å². The van der Waals surface area contributed by atoms with Crippen molar-refractivity contribution in [2.75, 3.05) is 27.9 Å². The molecular weight excluding hydrogens is 427 g/mol. The molecule has 130 valence electrons. The van der Waals surface area contributed by atoms with Crippen molar-refractivity contribution in [2.24, 2.45) is 0 Å². The molecule has 6 nitrogen and oxygen atoms in total. The Kier molecular flexibility index (Phi) is 6.53. The van der Waals surface area contributed by atoms with Crippen molar-refractivity contribution < 1.29 is 50.1 Å². The van der Waals surface area contributed by atoms with Crippen LogP contribution in [0.5, 0.6) is 23.0 Å². The number of benzene rings is 2. The Morgan fingerprint density at radius 1 is 0.958 bits per heavy atom. The van der Waals surface area contributed by atoms with Gasteiger partial charge in [0.05, 0.1) is 0 Å². The Balaban J connectivity index is 2.22. The average molecular weight is 445 g/mol. The third kappa shape index (κ3) is 4.67. The zero-order valence-electron chi connectivity index (χ0n) is 13.5. The summed E-state index contributed by atoms with van der Waals surface area (Å²) < 4.78 is 23.5. The fourth-order valence-corrected chi connectivity index (χ4v) is 4.53. The van der Waals surface area contributed by atoms with Crippen LogP contribution in [0.25, 0.3) is 0 Å². The first-order chi connectivity index (χ1) is 11.6. The monoisotopic (exact) mass is 445 g/mol. The average Bonchev–Trinajstić information content (AvgIpc) is 2.61. The van der Waals surface area contributed by atoms with Crippen molar-refractivity contribution in [3.8, 4) is 23.0 Å². The van der Waals surface area contributed by atoms with Gasteiger partial charge in [-0.15, -0.1) is 0 Å². The Morgan fingerprint density at radius 2 is 1.54 bits per heavy atom. The summed E-state index contributed by atoms with van der Waals surface area (Å²) in [5.41, 5.74) is 0. The summed E-state index contributed by atoms with van der Waals surface area (Å²) in [7, 11) is 4.83. The number of rotatable bonds is 8. The van der Waals surface area contributed by atoms with Crippen LogP contribution in [0.4, 0.5) is 0 Å². The van der Waals surface area contributed by atoms with Gasteiger partial charge >= 0.3 is 150 Å². The summed E-state index contributed by atoms with van der Waals surface area (Å²) >= 11 is -0.558. The molecule has 0 saturated carbocycles. The van der Waals surface area contributed by atoms with Gasteiger partial charge in [0.25, 0.3) is 0 Å². The molecule has 0 unspecified atom stereocenters. The van der Waals surface area contributed by atoms with Crippen LogP contribution in [-0.4, -0.2) is 39.0 Å². The molecule has 0 saturated heterocycles. The number of aliphatic carboxylic acids is 1. The van der Waals surface area contributed by atoms with Gasteiger partial charge in [0, 0.05) is 0 Å². The van der Waals surface area contributed by atoms with E-state index in [0.29, 0.717) is 11.5 Å². The topological polar surface area (TPSA) is 74.2 Å².